The summed E-state index contributed by atoms with van der Waals surface area (Å²) in [7, 11) is 0. The summed E-state index contributed by atoms with van der Waals surface area (Å²) in [5.41, 5.74) is 16.3. The first-order chi connectivity index (χ1) is 5.95. The predicted molar refractivity (Wildman–Crippen MR) is 51.6 cm³/mol. The van der Waals surface area contributed by atoms with Gasteiger partial charge in [0.25, 0.3) is 0 Å². The van der Waals surface area contributed by atoms with Gasteiger partial charge in [-0.25, -0.2) is 4.79 Å². The minimum Gasteiger partial charge on any atom is -0.478 e. The lowest BCUT2D eigenvalue weighted by atomic mass is 10.1. The summed E-state index contributed by atoms with van der Waals surface area (Å²) in [6.45, 7) is 0. The standard InChI is InChI=1S/C7H8ClN3O2/c8-4-2(7(12)13)1-3(9)5(10)6(4)11/h1H,9-11H2,(H,12,13). The number of carboxylic acids is 1. The van der Waals surface area contributed by atoms with Crippen molar-refractivity contribution >= 4 is 34.6 Å². The molecule has 1 rings (SSSR count). The minimum atomic E-state index is -1.19. The van der Waals surface area contributed by atoms with Crippen molar-refractivity contribution < 1.29 is 9.90 Å². The van der Waals surface area contributed by atoms with Crippen LogP contribution in [0.4, 0.5) is 17.1 Å². The predicted octanol–water partition coefficient (Wildman–Crippen LogP) is 0.785. The van der Waals surface area contributed by atoms with E-state index in [-0.39, 0.29) is 27.6 Å². The van der Waals surface area contributed by atoms with Crippen molar-refractivity contribution in [3.05, 3.63) is 16.7 Å². The van der Waals surface area contributed by atoms with Crippen molar-refractivity contribution in [2.75, 3.05) is 17.2 Å². The maximum absolute atomic E-state index is 10.6. The molecule has 70 valence electrons. The van der Waals surface area contributed by atoms with Crippen molar-refractivity contribution in [1.82, 2.24) is 0 Å². The van der Waals surface area contributed by atoms with Gasteiger partial charge in [-0.1, -0.05) is 11.6 Å². The van der Waals surface area contributed by atoms with Crippen LogP contribution in [-0.2, 0) is 0 Å². The number of benzene rings is 1. The molecule has 1 aromatic carbocycles. The lowest BCUT2D eigenvalue weighted by Crippen LogP contribution is -2.06. The average molecular weight is 202 g/mol. The van der Waals surface area contributed by atoms with E-state index in [0.29, 0.717) is 0 Å². The minimum absolute atomic E-state index is 0.000864. The topological polar surface area (TPSA) is 115 Å². The summed E-state index contributed by atoms with van der Waals surface area (Å²) < 4.78 is 0. The van der Waals surface area contributed by atoms with Crippen LogP contribution in [0.2, 0.25) is 5.02 Å². The smallest absolute Gasteiger partial charge is 0.337 e. The van der Waals surface area contributed by atoms with Crippen LogP contribution in [0.3, 0.4) is 0 Å². The SMILES string of the molecule is Nc1cc(C(=O)O)c(Cl)c(N)c1N. The Morgan fingerprint density at radius 1 is 1.31 bits per heavy atom. The van der Waals surface area contributed by atoms with Gasteiger partial charge in [0.1, 0.15) is 0 Å². The molecule has 7 N–H and O–H groups in total. The number of hydrogen-bond donors (Lipinski definition) is 4. The second-order valence-corrected chi connectivity index (χ2v) is 2.84. The zero-order valence-electron chi connectivity index (χ0n) is 6.54. The third-order valence-electron chi connectivity index (χ3n) is 1.60. The third kappa shape index (κ3) is 1.46. The van der Waals surface area contributed by atoms with Crippen LogP contribution in [-0.4, -0.2) is 11.1 Å². The first kappa shape index (κ1) is 9.47. The van der Waals surface area contributed by atoms with Gasteiger partial charge in [-0.2, -0.15) is 0 Å². The molecule has 0 aliphatic heterocycles. The monoisotopic (exact) mass is 201 g/mol. The van der Waals surface area contributed by atoms with Crippen molar-refractivity contribution in [2.45, 2.75) is 0 Å². The lowest BCUT2D eigenvalue weighted by Gasteiger charge is -2.08. The molecule has 0 aliphatic carbocycles. The van der Waals surface area contributed by atoms with E-state index in [1.54, 1.807) is 0 Å². The Kier molecular flexibility index (Phi) is 2.20. The second kappa shape index (κ2) is 3.02. The van der Waals surface area contributed by atoms with Gasteiger partial charge in [0.2, 0.25) is 0 Å². The normalized spacial score (nSPS) is 9.92. The van der Waals surface area contributed by atoms with E-state index < -0.39 is 5.97 Å². The van der Waals surface area contributed by atoms with Crippen LogP contribution >= 0.6 is 11.6 Å². The van der Waals surface area contributed by atoms with Crippen molar-refractivity contribution in [3.63, 3.8) is 0 Å². The van der Waals surface area contributed by atoms with Gasteiger partial charge in [-0.15, -0.1) is 0 Å². The summed E-state index contributed by atoms with van der Waals surface area (Å²) in [4.78, 5) is 10.6. The molecule has 0 amide bonds. The molecular formula is C7H8ClN3O2. The number of aromatic carboxylic acids is 1. The maximum Gasteiger partial charge on any atom is 0.337 e. The Balaban J connectivity index is 3.50. The van der Waals surface area contributed by atoms with Gasteiger partial charge >= 0.3 is 5.97 Å². The molecule has 0 radical (unpaired) electrons. The van der Waals surface area contributed by atoms with Crippen molar-refractivity contribution in [1.29, 1.82) is 0 Å². The van der Waals surface area contributed by atoms with Gasteiger partial charge in [0.15, 0.2) is 0 Å². The number of rotatable bonds is 1. The Bertz CT molecular complexity index is 378. The molecule has 0 atom stereocenters. The van der Waals surface area contributed by atoms with Gasteiger partial charge in [0.05, 0.1) is 27.6 Å². The molecule has 0 aliphatic rings. The molecule has 0 fully saturated rings. The van der Waals surface area contributed by atoms with E-state index in [1.807, 2.05) is 0 Å². The van der Waals surface area contributed by atoms with Crippen molar-refractivity contribution in [2.24, 2.45) is 0 Å². The molecular weight excluding hydrogens is 194 g/mol. The molecule has 0 heterocycles. The number of carbonyl (C=O) groups is 1. The summed E-state index contributed by atoms with van der Waals surface area (Å²) >= 11 is 5.62. The van der Waals surface area contributed by atoms with E-state index in [0.717, 1.165) is 0 Å². The fraction of sp³-hybridized carbons (Fsp3) is 0. The third-order valence-corrected chi connectivity index (χ3v) is 2.01. The Morgan fingerprint density at radius 2 is 1.85 bits per heavy atom. The van der Waals surface area contributed by atoms with Crippen LogP contribution in [0.15, 0.2) is 6.07 Å². The average Bonchev–Trinajstić information content (AvgIpc) is 2.07. The van der Waals surface area contributed by atoms with E-state index in [1.165, 1.54) is 6.07 Å². The van der Waals surface area contributed by atoms with Crippen LogP contribution in [0, 0.1) is 0 Å². The zero-order valence-corrected chi connectivity index (χ0v) is 7.30. The Labute approximate surface area is 79.1 Å². The van der Waals surface area contributed by atoms with Crippen LogP contribution in [0.1, 0.15) is 10.4 Å². The molecule has 13 heavy (non-hydrogen) atoms. The van der Waals surface area contributed by atoms with Crippen LogP contribution in [0.5, 0.6) is 0 Å². The van der Waals surface area contributed by atoms with Gasteiger partial charge in [0, 0.05) is 0 Å². The molecule has 0 unspecified atom stereocenters. The molecule has 0 saturated heterocycles. The summed E-state index contributed by atoms with van der Waals surface area (Å²) in [6, 6.07) is 1.18. The van der Waals surface area contributed by atoms with E-state index >= 15 is 0 Å². The summed E-state index contributed by atoms with van der Waals surface area (Å²) in [5.74, 6) is -1.19. The highest BCUT2D eigenvalue weighted by atomic mass is 35.5. The summed E-state index contributed by atoms with van der Waals surface area (Å²) in [6.07, 6.45) is 0. The molecule has 0 saturated carbocycles. The number of halogens is 1. The van der Waals surface area contributed by atoms with Gasteiger partial charge < -0.3 is 22.3 Å². The molecule has 6 heteroatoms. The zero-order chi connectivity index (χ0) is 10.2. The molecule has 0 bridgehead atoms. The maximum atomic E-state index is 10.6. The van der Waals surface area contributed by atoms with E-state index in [2.05, 4.69) is 0 Å². The van der Waals surface area contributed by atoms with E-state index in [4.69, 9.17) is 33.9 Å². The lowest BCUT2D eigenvalue weighted by molar-refractivity contribution is 0.0697. The first-order valence-corrected chi connectivity index (χ1v) is 3.69. The van der Waals surface area contributed by atoms with Gasteiger partial charge in [-0.05, 0) is 6.07 Å². The second-order valence-electron chi connectivity index (χ2n) is 2.46. The highest BCUT2D eigenvalue weighted by molar-refractivity contribution is 6.37. The number of carboxylic acid groups (broad SMARTS) is 1. The fourth-order valence-electron chi connectivity index (χ4n) is 0.871. The van der Waals surface area contributed by atoms with E-state index in [9.17, 15) is 4.79 Å². The van der Waals surface area contributed by atoms with Crippen LogP contribution < -0.4 is 17.2 Å². The fourth-order valence-corrected chi connectivity index (χ4v) is 1.11. The Hall–Kier alpha value is -1.62. The van der Waals surface area contributed by atoms with Crippen LogP contribution in [0.25, 0.3) is 0 Å². The van der Waals surface area contributed by atoms with Gasteiger partial charge in [-0.3, -0.25) is 0 Å². The van der Waals surface area contributed by atoms with Crippen molar-refractivity contribution in [3.8, 4) is 0 Å². The Morgan fingerprint density at radius 3 is 2.31 bits per heavy atom. The molecule has 0 spiro atoms. The molecule has 5 nitrogen and oxygen atoms in total. The first-order valence-electron chi connectivity index (χ1n) is 3.31. The molecule has 1 aromatic rings. The number of hydrogen-bond acceptors (Lipinski definition) is 4. The largest absolute Gasteiger partial charge is 0.478 e. The number of anilines is 3. The number of nitrogen functional groups attached to an aromatic ring is 3. The quantitative estimate of drug-likeness (QED) is 0.501. The summed E-state index contributed by atoms with van der Waals surface area (Å²) in [5, 5.41) is 8.58. The highest BCUT2D eigenvalue weighted by Crippen LogP contribution is 2.33. The molecule has 0 aromatic heterocycles. The highest BCUT2D eigenvalue weighted by Gasteiger charge is 2.15. The number of nitrogens with two attached hydrogens (primary N) is 3.